The van der Waals surface area contributed by atoms with E-state index in [1.54, 1.807) is 0 Å². The monoisotopic (exact) mass is 266 g/mol. The first-order valence-corrected chi connectivity index (χ1v) is 7.62. The second-order valence-corrected chi connectivity index (χ2v) is 7.17. The zero-order valence-electron chi connectivity index (χ0n) is 11.4. The summed E-state index contributed by atoms with van der Waals surface area (Å²) in [5, 5.41) is 9.73. The smallest absolute Gasteiger partial charge is 0.309 e. The van der Waals surface area contributed by atoms with Crippen molar-refractivity contribution in [1.82, 2.24) is 0 Å². The van der Waals surface area contributed by atoms with E-state index in [1.807, 2.05) is 0 Å². The second kappa shape index (κ2) is 3.95. The Morgan fingerprint density at radius 3 is 2.68 bits per heavy atom. The summed E-state index contributed by atoms with van der Waals surface area (Å²) >= 11 is 0. The highest BCUT2D eigenvalue weighted by Crippen LogP contribution is 2.53. The van der Waals surface area contributed by atoms with Gasteiger partial charge in [0.25, 0.3) is 0 Å². The largest absolute Gasteiger partial charge is 0.481 e. The fourth-order valence-corrected chi connectivity index (χ4v) is 4.46. The predicted molar refractivity (Wildman–Crippen MR) is 67.7 cm³/mol. The number of carboxylic acids is 1. The molecule has 2 aliphatic heterocycles. The third kappa shape index (κ3) is 2.00. The van der Waals surface area contributed by atoms with Gasteiger partial charge in [-0.3, -0.25) is 4.79 Å². The van der Waals surface area contributed by atoms with E-state index in [4.69, 9.17) is 9.47 Å². The summed E-state index contributed by atoms with van der Waals surface area (Å²) in [6.45, 7) is 2.26. The van der Waals surface area contributed by atoms with E-state index in [0.717, 1.165) is 38.5 Å². The lowest BCUT2D eigenvalue weighted by atomic mass is 9.65. The van der Waals surface area contributed by atoms with Crippen LogP contribution in [0.4, 0.5) is 0 Å². The molecule has 0 aromatic rings. The van der Waals surface area contributed by atoms with E-state index in [2.05, 4.69) is 6.92 Å². The molecule has 106 valence electrons. The molecule has 2 saturated carbocycles. The molecule has 19 heavy (non-hydrogen) atoms. The summed E-state index contributed by atoms with van der Waals surface area (Å²) in [6, 6.07) is 0. The van der Waals surface area contributed by atoms with E-state index < -0.39 is 11.4 Å². The van der Waals surface area contributed by atoms with Crippen molar-refractivity contribution >= 4 is 5.97 Å². The molecule has 2 saturated heterocycles. The van der Waals surface area contributed by atoms with Gasteiger partial charge < -0.3 is 14.6 Å². The van der Waals surface area contributed by atoms with Gasteiger partial charge in [0.05, 0.1) is 29.8 Å². The summed E-state index contributed by atoms with van der Waals surface area (Å²) < 4.78 is 11.2. The fourth-order valence-electron chi connectivity index (χ4n) is 4.46. The van der Waals surface area contributed by atoms with Gasteiger partial charge in [0, 0.05) is 0 Å². The van der Waals surface area contributed by atoms with Crippen molar-refractivity contribution in [3.63, 3.8) is 0 Å². The van der Waals surface area contributed by atoms with E-state index in [-0.39, 0.29) is 6.10 Å². The summed E-state index contributed by atoms with van der Waals surface area (Å²) in [5.41, 5.74) is -0.529. The maximum Gasteiger partial charge on any atom is 0.309 e. The molecular formula is C15H22O4. The van der Waals surface area contributed by atoms with Crippen LogP contribution in [0.1, 0.15) is 45.4 Å². The van der Waals surface area contributed by atoms with Crippen molar-refractivity contribution in [3.05, 3.63) is 0 Å². The minimum absolute atomic E-state index is 0.230. The van der Waals surface area contributed by atoms with Gasteiger partial charge in [0.2, 0.25) is 0 Å². The highest BCUT2D eigenvalue weighted by Gasteiger charge is 2.56. The summed E-state index contributed by atoms with van der Waals surface area (Å²) in [7, 11) is 0. The quantitative estimate of drug-likeness (QED) is 0.796. The van der Waals surface area contributed by atoms with Crippen molar-refractivity contribution in [2.75, 3.05) is 0 Å². The van der Waals surface area contributed by atoms with Gasteiger partial charge in [-0.1, -0.05) is 6.92 Å². The molecule has 4 aliphatic rings. The molecule has 4 heteroatoms. The van der Waals surface area contributed by atoms with Crippen LogP contribution in [0.5, 0.6) is 0 Å². The molecule has 1 N–H and O–H groups in total. The molecule has 0 aromatic heterocycles. The molecule has 4 rings (SSSR count). The first-order chi connectivity index (χ1) is 9.07. The Bertz CT molecular complexity index is 409. The Balaban J connectivity index is 1.49. The molecule has 0 bridgehead atoms. The summed E-state index contributed by atoms with van der Waals surface area (Å²) in [6.07, 6.45) is 6.97. The van der Waals surface area contributed by atoms with Crippen LogP contribution in [0.2, 0.25) is 0 Å². The maximum absolute atomic E-state index is 11.8. The van der Waals surface area contributed by atoms with E-state index in [0.29, 0.717) is 30.1 Å². The van der Waals surface area contributed by atoms with Gasteiger partial charge in [-0.15, -0.1) is 0 Å². The third-order valence-corrected chi connectivity index (χ3v) is 5.93. The number of epoxide rings is 2. The van der Waals surface area contributed by atoms with Gasteiger partial charge in [-0.05, 0) is 50.4 Å². The van der Waals surface area contributed by atoms with Gasteiger partial charge in [0.15, 0.2) is 0 Å². The van der Waals surface area contributed by atoms with E-state index in [1.165, 1.54) is 0 Å². The predicted octanol–water partition coefficient (Wildman–Crippen LogP) is 2.21. The zero-order valence-corrected chi connectivity index (χ0v) is 11.4. The average molecular weight is 266 g/mol. The summed E-state index contributed by atoms with van der Waals surface area (Å²) in [4.78, 5) is 11.8. The Hall–Kier alpha value is -0.610. The molecule has 0 amide bonds. The number of fused-ring (bicyclic) bond motifs is 2. The minimum atomic E-state index is -0.604. The van der Waals surface area contributed by atoms with Crippen molar-refractivity contribution < 1.29 is 19.4 Å². The zero-order chi connectivity index (χ0) is 13.2. The molecule has 4 fully saturated rings. The topological polar surface area (TPSA) is 62.4 Å². The van der Waals surface area contributed by atoms with Gasteiger partial charge in [0.1, 0.15) is 0 Å². The Kier molecular flexibility index (Phi) is 2.53. The lowest BCUT2D eigenvalue weighted by Crippen LogP contribution is -2.40. The molecule has 4 nitrogen and oxygen atoms in total. The molecule has 0 radical (unpaired) electrons. The SMILES string of the molecule is CC1CC2OC2CC1CC1(C(=O)O)CCC2OC2C1. The average Bonchev–Trinajstić information content (AvgIpc) is 3.23. The van der Waals surface area contributed by atoms with Gasteiger partial charge >= 0.3 is 5.97 Å². The maximum atomic E-state index is 11.8. The number of rotatable bonds is 3. The summed E-state index contributed by atoms with van der Waals surface area (Å²) in [5.74, 6) is 0.500. The van der Waals surface area contributed by atoms with Crippen LogP contribution in [0, 0.1) is 17.3 Å². The minimum Gasteiger partial charge on any atom is -0.481 e. The second-order valence-electron chi connectivity index (χ2n) is 7.17. The van der Waals surface area contributed by atoms with Crippen LogP contribution >= 0.6 is 0 Å². The number of hydrogen-bond acceptors (Lipinski definition) is 3. The molecule has 2 heterocycles. The number of carboxylic acid groups (broad SMARTS) is 1. The Morgan fingerprint density at radius 2 is 1.95 bits per heavy atom. The number of aliphatic carboxylic acids is 1. The van der Waals surface area contributed by atoms with Crippen molar-refractivity contribution in [2.45, 2.75) is 69.9 Å². The lowest BCUT2D eigenvalue weighted by molar-refractivity contribution is -0.152. The molecule has 2 aliphatic carbocycles. The molecule has 7 atom stereocenters. The van der Waals surface area contributed by atoms with Gasteiger partial charge in [-0.2, -0.15) is 0 Å². The number of carbonyl (C=O) groups is 1. The van der Waals surface area contributed by atoms with Crippen LogP contribution in [0.25, 0.3) is 0 Å². The number of hydrogen-bond donors (Lipinski definition) is 1. The number of ether oxygens (including phenoxy) is 2. The molecule has 0 aromatic carbocycles. The van der Waals surface area contributed by atoms with Crippen LogP contribution in [0.15, 0.2) is 0 Å². The lowest BCUT2D eigenvalue weighted by Gasteiger charge is -2.37. The highest BCUT2D eigenvalue weighted by atomic mass is 16.6. The van der Waals surface area contributed by atoms with Crippen LogP contribution in [-0.2, 0) is 14.3 Å². The molecular weight excluding hydrogens is 244 g/mol. The highest BCUT2D eigenvalue weighted by molar-refractivity contribution is 5.75. The van der Waals surface area contributed by atoms with Crippen LogP contribution < -0.4 is 0 Å². The Labute approximate surface area is 113 Å². The third-order valence-electron chi connectivity index (χ3n) is 5.93. The van der Waals surface area contributed by atoms with Gasteiger partial charge in [-0.25, -0.2) is 0 Å². The first-order valence-electron chi connectivity index (χ1n) is 7.62. The fraction of sp³-hybridized carbons (Fsp3) is 0.933. The van der Waals surface area contributed by atoms with Crippen LogP contribution in [0.3, 0.4) is 0 Å². The standard InChI is InChI=1S/C15H22O4/c1-8-4-11-12(19-11)5-9(8)6-15(14(16)17)3-2-10-13(7-15)18-10/h8-13H,2-7H2,1H3,(H,16,17). The normalized spacial score (nSPS) is 55.0. The molecule has 7 unspecified atom stereocenters. The van der Waals surface area contributed by atoms with Crippen LogP contribution in [-0.4, -0.2) is 35.5 Å². The van der Waals surface area contributed by atoms with E-state index in [9.17, 15) is 9.90 Å². The molecule has 0 spiro atoms. The van der Waals surface area contributed by atoms with Crippen molar-refractivity contribution in [3.8, 4) is 0 Å². The van der Waals surface area contributed by atoms with E-state index >= 15 is 0 Å². The van der Waals surface area contributed by atoms with Crippen molar-refractivity contribution in [2.24, 2.45) is 17.3 Å². The Morgan fingerprint density at radius 1 is 1.21 bits per heavy atom. The first kappa shape index (κ1) is 12.2. The van der Waals surface area contributed by atoms with Crippen molar-refractivity contribution in [1.29, 1.82) is 0 Å².